The predicted octanol–water partition coefficient (Wildman–Crippen LogP) is 10.5. The lowest BCUT2D eigenvalue weighted by Crippen LogP contribution is -2.29. The Hall–Kier alpha value is -4.98. The molecule has 8 nitrogen and oxygen atoms in total. The van der Waals surface area contributed by atoms with Gasteiger partial charge in [-0.15, -0.1) is 0 Å². The third kappa shape index (κ3) is 13.8. The van der Waals surface area contributed by atoms with E-state index in [4.69, 9.17) is 26.7 Å². The molecule has 4 rings (SSSR count). The third-order valence-corrected chi connectivity index (χ3v) is 6.93. The Morgan fingerprint density at radius 2 is 0.729 bits per heavy atom. The Kier molecular flexibility index (Phi) is 14.8. The number of carbonyl (C=O) groups is 2. The van der Waals surface area contributed by atoms with Gasteiger partial charge in [0.05, 0.1) is 0 Å². The first kappa shape index (κ1) is 41.0. The average Bonchev–Trinajstić information content (AvgIpc) is 2.93. The highest BCUT2D eigenvalue weighted by Crippen LogP contribution is 2.27. The molecular weight excluding hydrogens is 602 g/mol. The van der Waals surface area contributed by atoms with Gasteiger partial charge in [0.2, 0.25) is 0 Å². The molecule has 0 atom stereocenters. The Morgan fingerprint density at radius 3 is 0.979 bits per heavy atom. The second-order valence-corrected chi connectivity index (χ2v) is 13.5. The monoisotopic (exact) mass is 657 g/mol. The highest BCUT2D eigenvalue weighted by Gasteiger charge is 2.24. The molecule has 4 aromatic carbocycles. The van der Waals surface area contributed by atoms with Crippen LogP contribution in [0.2, 0.25) is 0 Å². The van der Waals surface area contributed by atoms with Crippen LogP contribution in [0.4, 0.5) is 26.7 Å². The number of carbonyl (C=O) groups excluding carboxylic acids is 2. The van der Waals surface area contributed by atoms with E-state index in [9.17, 15) is 9.59 Å². The fourth-order valence-corrected chi connectivity index (χ4v) is 4.10. The first-order valence-electron chi connectivity index (χ1n) is 15.5. The second-order valence-electron chi connectivity index (χ2n) is 13.5. The van der Waals surface area contributed by atoms with Crippen molar-refractivity contribution in [2.24, 2.45) is 0 Å². The summed E-state index contributed by atoms with van der Waals surface area (Å²) in [5.41, 5.74) is 29.4. The molecule has 0 aliphatic heterocycles. The first-order chi connectivity index (χ1) is 21.6. The largest absolute Gasteiger partial charge is 0.519 e. The van der Waals surface area contributed by atoms with Gasteiger partial charge in [0.1, 0.15) is 11.2 Å². The zero-order chi connectivity index (χ0) is 35.7. The lowest BCUT2D eigenvalue weighted by atomic mass is 9.99. The summed E-state index contributed by atoms with van der Waals surface area (Å²) >= 11 is 0. The minimum absolute atomic E-state index is 0. The van der Waals surface area contributed by atoms with Gasteiger partial charge in [-0.3, -0.25) is 0 Å². The molecule has 48 heavy (non-hydrogen) atoms. The number of nitrogens with two attached hydrogens (primary N) is 3. The highest BCUT2D eigenvalue weighted by atomic mass is 16.8. The van der Waals surface area contributed by atoms with E-state index in [1.807, 2.05) is 51.1 Å². The molecule has 0 aliphatic rings. The summed E-state index contributed by atoms with van der Waals surface area (Å²) in [7, 11) is 0. The molecule has 0 amide bonds. The Balaban J connectivity index is 0.000000357. The average molecular weight is 658 g/mol. The number of hydrogen-bond donors (Lipinski definition) is 3. The minimum Gasteiger partial charge on any atom is -0.428 e. The van der Waals surface area contributed by atoms with Crippen molar-refractivity contribution in [3.63, 3.8) is 0 Å². The molecule has 0 fully saturated rings. The van der Waals surface area contributed by atoms with E-state index in [-0.39, 0.29) is 7.43 Å². The molecule has 4 aromatic rings. The zero-order valence-electron chi connectivity index (χ0n) is 29.7. The summed E-state index contributed by atoms with van der Waals surface area (Å²) in [5, 5.41) is 0. The molecule has 0 heterocycles. The molecule has 8 heteroatoms. The maximum absolute atomic E-state index is 11.0. The number of nitrogen functional groups attached to an aromatic ring is 3. The van der Waals surface area contributed by atoms with Crippen molar-refractivity contribution in [1.29, 1.82) is 0 Å². The molecule has 0 bridgehead atoms. The van der Waals surface area contributed by atoms with Crippen LogP contribution in [0.5, 0.6) is 0 Å². The van der Waals surface area contributed by atoms with E-state index in [0.717, 1.165) is 33.8 Å². The second kappa shape index (κ2) is 17.3. The fraction of sp³-hybridized carbons (Fsp3) is 0.350. The van der Waals surface area contributed by atoms with Crippen LogP contribution in [0.1, 0.15) is 76.8 Å². The lowest BCUT2D eigenvalue weighted by Gasteiger charge is -2.20. The molecule has 260 valence electrons. The Labute approximate surface area is 287 Å². The fourth-order valence-electron chi connectivity index (χ4n) is 4.10. The normalized spacial score (nSPS) is 10.6. The van der Waals surface area contributed by atoms with Crippen LogP contribution in [0.15, 0.2) is 72.8 Å². The van der Waals surface area contributed by atoms with Crippen molar-refractivity contribution >= 4 is 29.4 Å². The molecule has 0 aliphatic carbocycles. The van der Waals surface area contributed by atoms with Gasteiger partial charge in [-0.05, 0) is 163 Å². The maximum Gasteiger partial charge on any atom is 0.519 e. The van der Waals surface area contributed by atoms with E-state index in [1.165, 1.54) is 33.4 Å². The molecule has 0 radical (unpaired) electrons. The summed E-state index contributed by atoms with van der Waals surface area (Å²) in [6.45, 7) is 20.4. The Bertz CT molecular complexity index is 1470. The topological polar surface area (TPSA) is 140 Å². The maximum atomic E-state index is 11.0. The first-order valence-corrected chi connectivity index (χ1v) is 15.5. The smallest absolute Gasteiger partial charge is 0.428 e. The molecule has 0 unspecified atom stereocenters. The van der Waals surface area contributed by atoms with E-state index in [0.29, 0.717) is 0 Å². The van der Waals surface area contributed by atoms with Crippen LogP contribution in [0.25, 0.3) is 22.3 Å². The predicted molar refractivity (Wildman–Crippen MR) is 201 cm³/mol. The van der Waals surface area contributed by atoms with Crippen molar-refractivity contribution in [2.45, 2.75) is 94.8 Å². The quantitative estimate of drug-likeness (QED) is 0.110. The number of ether oxygens (including phenoxy) is 3. The molecule has 0 saturated heterocycles. The van der Waals surface area contributed by atoms with Crippen molar-refractivity contribution in [2.75, 3.05) is 17.2 Å². The van der Waals surface area contributed by atoms with Crippen LogP contribution in [0, 0.1) is 34.6 Å². The van der Waals surface area contributed by atoms with Crippen molar-refractivity contribution in [3.8, 4) is 22.3 Å². The van der Waals surface area contributed by atoms with Crippen LogP contribution in [-0.2, 0) is 14.2 Å². The molecule has 0 aromatic heterocycles. The number of rotatable bonds is 2. The highest BCUT2D eigenvalue weighted by molar-refractivity contribution is 5.77. The van der Waals surface area contributed by atoms with Gasteiger partial charge in [-0.1, -0.05) is 43.8 Å². The van der Waals surface area contributed by atoms with E-state index in [1.54, 1.807) is 41.5 Å². The molecule has 0 spiro atoms. The minimum atomic E-state index is -1.06. The number of aryl methyl sites for hydroxylation is 5. The van der Waals surface area contributed by atoms with Gasteiger partial charge in [0.25, 0.3) is 0 Å². The summed E-state index contributed by atoms with van der Waals surface area (Å²) in [6.07, 6.45) is -2.12. The SMILES string of the molecule is C.CC(C)(C)OC(=O)OC(=O)OC(C)(C)C.Cc1cc(-c2ccc(N)c(C)c2)ccc1N.Cc1ccc(-c2ccc(N)c(C)c2)cc1C. The molecule has 6 N–H and O–H groups in total. The van der Waals surface area contributed by atoms with Gasteiger partial charge < -0.3 is 31.4 Å². The van der Waals surface area contributed by atoms with Crippen molar-refractivity contribution in [3.05, 3.63) is 101 Å². The summed E-state index contributed by atoms with van der Waals surface area (Å²) in [4.78, 5) is 22.0. The van der Waals surface area contributed by atoms with Crippen molar-refractivity contribution in [1.82, 2.24) is 0 Å². The van der Waals surface area contributed by atoms with Gasteiger partial charge in [0, 0.05) is 17.1 Å². The summed E-state index contributed by atoms with van der Waals surface area (Å²) in [6, 6.07) is 24.9. The zero-order valence-corrected chi connectivity index (χ0v) is 29.7. The number of hydrogen-bond acceptors (Lipinski definition) is 8. The third-order valence-electron chi connectivity index (χ3n) is 6.93. The Morgan fingerprint density at radius 1 is 0.458 bits per heavy atom. The van der Waals surface area contributed by atoms with Gasteiger partial charge in [0.15, 0.2) is 0 Å². The van der Waals surface area contributed by atoms with E-state index >= 15 is 0 Å². The van der Waals surface area contributed by atoms with Gasteiger partial charge in [-0.25, -0.2) is 9.59 Å². The van der Waals surface area contributed by atoms with Gasteiger partial charge >= 0.3 is 12.3 Å². The van der Waals surface area contributed by atoms with E-state index in [2.05, 4.69) is 61.0 Å². The van der Waals surface area contributed by atoms with Crippen molar-refractivity contribution < 1.29 is 23.8 Å². The molecular formula is C40H55N3O5. The summed E-state index contributed by atoms with van der Waals surface area (Å²) in [5.74, 6) is 0. The van der Waals surface area contributed by atoms with Crippen LogP contribution in [-0.4, -0.2) is 23.5 Å². The lowest BCUT2D eigenvalue weighted by molar-refractivity contribution is -0.0293. The van der Waals surface area contributed by atoms with Gasteiger partial charge in [-0.2, -0.15) is 0 Å². The van der Waals surface area contributed by atoms with E-state index < -0.39 is 23.5 Å². The number of anilines is 3. The van der Waals surface area contributed by atoms with Crippen LogP contribution in [0.3, 0.4) is 0 Å². The van der Waals surface area contributed by atoms with Crippen LogP contribution < -0.4 is 17.2 Å². The summed E-state index contributed by atoms with van der Waals surface area (Å²) < 4.78 is 13.8. The van der Waals surface area contributed by atoms with Crippen LogP contribution >= 0.6 is 0 Å². The molecule has 0 saturated carbocycles. The standard InChI is InChI=1S/C15H17N.C14H16N2.C10H18O5.CH4/c1-10-4-5-13(8-11(10)2)14-6-7-15(16)12(3)9-14;1-9-7-11(3-5-13(9)15)12-4-6-14(16)10(2)8-12;1-9(2,3)14-7(11)13-8(12)15-10(4,5)6;/h4-9H,16H2,1-3H3;3-8H,15-16H2,1-2H3;1-6H3;1H4. The number of benzene rings is 4.